The van der Waals surface area contributed by atoms with Gasteiger partial charge in [-0.15, -0.1) is 0 Å². The van der Waals surface area contributed by atoms with Crippen LogP contribution in [0.4, 0.5) is 0 Å². The molecule has 2 aromatic rings. The van der Waals surface area contributed by atoms with Crippen LogP contribution in [0.1, 0.15) is 56.5 Å². The zero-order valence-electron chi connectivity index (χ0n) is 15.0. The van der Waals surface area contributed by atoms with Crippen molar-refractivity contribution in [2.45, 2.75) is 51.7 Å². The second kappa shape index (κ2) is 7.49. The number of aromatic nitrogens is 2. The van der Waals surface area contributed by atoms with Crippen LogP contribution in [0.25, 0.3) is 0 Å². The summed E-state index contributed by atoms with van der Waals surface area (Å²) in [6.07, 6.45) is 4.51. The average molecular weight is 327 g/mol. The molecule has 2 heterocycles. The van der Waals surface area contributed by atoms with Crippen molar-refractivity contribution in [2.75, 3.05) is 13.2 Å². The molecule has 3 rings (SSSR count). The number of nitrogens with zero attached hydrogens (tertiary/aromatic N) is 1. The van der Waals surface area contributed by atoms with Gasteiger partial charge in [0.15, 0.2) is 0 Å². The molecule has 2 N–H and O–H groups in total. The summed E-state index contributed by atoms with van der Waals surface area (Å²) in [5.74, 6) is 0.520. The zero-order chi connectivity index (χ0) is 17.0. The van der Waals surface area contributed by atoms with Crippen LogP contribution < -0.4 is 5.32 Å². The van der Waals surface area contributed by atoms with Gasteiger partial charge < -0.3 is 10.1 Å². The van der Waals surface area contributed by atoms with Crippen molar-refractivity contribution in [1.82, 2.24) is 15.5 Å². The van der Waals surface area contributed by atoms with Crippen LogP contribution in [0.15, 0.2) is 36.5 Å². The molecule has 1 aliphatic rings. The van der Waals surface area contributed by atoms with Gasteiger partial charge in [0.25, 0.3) is 0 Å². The summed E-state index contributed by atoms with van der Waals surface area (Å²) >= 11 is 0. The Kier molecular flexibility index (Phi) is 5.36. The van der Waals surface area contributed by atoms with Crippen LogP contribution in [0, 0.1) is 5.92 Å². The Bertz CT molecular complexity index is 630. The van der Waals surface area contributed by atoms with Crippen molar-refractivity contribution in [1.29, 1.82) is 0 Å². The first-order valence-electron chi connectivity index (χ1n) is 8.95. The summed E-state index contributed by atoms with van der Waals surface area (Å²) in [7, 11) is 0. The van der Waals surface area contributed by atoms with E-state index in [1.165, 1.54) is 23.2 Å². The van der Waals surface area contributed by atoms with E-state index in [-0.39, 0.29) is 11.5 Å². The molecule has 0 amide bonds. The van der Waals surface area contributed by atoms with E-state index in [2.05, 4.69) is 66.6 Å². The minimum Gasteiger partial charge on any atom is -0.373 e. The normalized spacial score (nSPS) is 21.8. The Hall–Kier alpha value is -1.65. The summed E-state index contributed by atoms with van der Waals surface area (Å²) in [4.78, 5) is 0. The summed E-state index contributed by atoms with van der Waals surface area (Å²) in [6, 6.07) is 10.6. The lowest BCUT2D eigenvalue weighted by Crippen LogP contribution is -2.32. The highest BCUT2D eigenvalue weighted by Gasteiger charge is 2.27. The highest BCUT2D eigenvalue weighted by molar-refractivity contribution is 5.23. The molecule has 0 unspecified atom stereocenters. The maximum Gasteiger partial charge on any atom is 0.0865 e. The lowest BCUT2D eigenvalue weighted by molar-refractivity contribution is -0.0278. The number of aromatic amines is 1. The smallest absolute Gasteiger partial charge is 0.0865 e. The molecule has 24 heavy (non-hydrogen) atoms. The minimum atomic E-state index is 0.0913. The third kappa shape index (κ3) is 4.05. The summed E-state index contributed by atoms with van der Waals surface area (Å²) in [5, 5.41) is 11.0. The van der Waals surface area contributed by atoms with Crippen molar-refractivity contribution >= 4 is 0 Å². The molecule has 0 saturated carbocycles. The van der Waals surface area contributed by atoms with E-state index < -0.39 is 0 Å². The lowest BCUT2D eigenvalue weighted by Gasteiger charge is -2.32. The Morgan fingerprint density at radius 1 is 1.25 bits per heavy atom. The average Bonchev–Trinajstić information content (AvgIpc) is 3.05. The molecule has 0 radical (unpaired) electrons. The first kappa shape index (κ1) is 17.2. The summed E-state index contributed by atoms with van der Waals surface area (Å²) in [6.45, 7) is 9.32. The van der Waals surface area contributed by atoms with Gasteiger partial charge in [0, 0.05) is 42.3 Å². The molecular weight excluding hydrogens is 298 g/mol. The third-order valence-corrected chi connectivity index (χ3v) is 4.76. The van der Waals surface area contributed by atoms with E-state index in [0.29, 0.717) is 5.92 Å². The highest BCUT2D eigenvalue weighted by Crippen LogP contribution is 2.33. The van der Waals surface area contributed by atoms with Gasteiger partial charge in [0.05, 0.1) is 12.3 Å². The van der Waals surface area contributed by atoms with Crippen molar-refractivity contribution < 1.29 is 4.74 Å². The number of rotatable bonds is 5. The molecule has 4 nitrogen and oxygen atoms in total. The molecule has 1 saturated heterocycles. The molecule has 130 valence electrons. The second-order valence-corrected chi connectivity index (χ2v) is 7.76. The fourth-order valence-corrected chi connectivity index (χ4v) is 3.55. The van der Waals surface area contributed by atoms with Gasteiger partial charge in [-0.2, -0.15) is 5.10 Å². The monoisotopic (exact) mass is 327 g/mol. The van der Waals surface area contributed by atoms with E-state index >= 15 is 0 Å². The van der Waals surface area contributed by atoms with E-state index in [0.717, 1.165) is 26.1 Å². The summed E-state index contributed by atoms with van der Waals surface area (Å²) < 4.78 is 6.08. The van der Waals surface area contributed by atoms with Crippen molar-refractivity contribution in [2.24, 2.45) is 5.92 Å². The van der Waals surface area contributed by atoms with E-state index in [1.54, 1.807) is 0 Å². The van der Waals surface area contributed by atoms with Gasteiger partial charge in [-0.05, 0) is 18.4 Å². The third-order valence-electron chi connectivity index (χ3n) is 4.76. The van der Waals surface area contributed by atoms with Gasteiger partial charge >= 0.3 is 0 Å². The zero-order valence-corrected chi connectivity index (χ0v) is 15.0. The first-order valence-corrected chi connectivity index (χ1v) is 8.95. The molecule has 1 aliphatic heterocycles. The predicted molar refractivity (Wildman–Crippen MR) is 96.9 cm³/mol. The van der Waals surface area contributed by atoms with Crippen LogP contribution in [0.2, 0.25) is 0 Å². The van der Waals surface area contributed by atoms with Crippen molar-refractivity contribution in [3.05, 3.63) is 53.3 Å². The number of H-pyrrole nitrogens is 1. The van der Waals surface area contributed by atoms with Crippen LogP contribution in [-0.4, -0.2) is 23.3 Å². The molecule has 0 spiro atoms. The van der Waals surface area contributed by atoms with E-state index in [4.69, 9.17) is 4.74 Å². The quantitative estimate of drug-likeness (QED) is 0.874. The molecule has 4 heteroatoms. The Labute approximate surface area is 145 Å². The summed E-state index contributed by atoms with van der Waals surface area (Å²) in [5.41, 5.74) is 3.86. The Balaban J connectivity index is 1.60. The number of hydrogen-bond donors (Lipinski definition) is 2. The molecule has 0 aliphatic carbocycles. The fraction of sp³-hybridized carbons (Fsp3) is 0.550. The molecule has 1 aromatic heterocycles. The van der Waals surface area contributed by atoms with Crippen molar-refractivity contribution in [3.63, 3.8) is 0 Å². The Morgan fingerprint density at radius 2 is 2.04 bits per heavy atom. The number of nitrogens with one attached hydrogen (secondary N) is 2. The van der Waals surface area contributed by atoms with Crippen LogP contribution in [0.5, 0.6) is 0 Å². The maximum absolute atomic E-state index is 6.08. The standard InChI is InChI=1S/C20H29N3O/c1-20(2,3)19-17(14-22-23-19)13-21-12-16-10-7-11-24-18(16)15-8-5-4-6-9-15/h4-6,8-9,14,16,18,21H,7,10-13H2,1-3H3,(H,22,23)/t16-,18+/m0/s1. The van der Waals surface area contributed by atoms with E-state index in [1.807, 2.05) is 6.20 Å². The predicted octanol–water partition coefficient (Wildman–Crippen LogP) is 3.96. The van der Waals surface area contributed by atoms with Crippen LogP contribution >= 0.6 is 0 Å². The van der Waals surface area contributed by atoms with Gasteiger partial charge in [-0.3, -0.25) is 5.10 Å². The molecule has 0 bridgehead atoms. The van der Waals surface area contributed by atoms with Gasteiger partial charge in [0.1, 0.15) is 0 Å². The minimum absolute atomic E-state index is 0.0913. The molecule has 1 aromatic carbocycles. The number of benzene rings is 1. The topological polar surface area (TPSA) is 49.9 Å². The number of ether oxygens (including phenoxy) is 1. The molecule has 2 atom stereocenters. The van der Waals surface area contributed by atoms with Crippen LogP contribution in [0.3, 0.4) is 0 Å². The fourth-order valence-electron chi connectivity index (χ4n) is 3.55. The second-order valence-electron chi connectivity index (χ2n) is 7.76. The molecule has 1 fully saturated rings. The lowest BCUT2D eigenvalue weighted by atomic mass is 9.88. The number of hydrogen-bond acceptors (Lipinski definition) is 3. The first-order chi connectivity index (χ1) is 11.6. The maximum atomic E-state index is 6.08. The van der Waals surface area contributed by atoms with Gasteiger partial charge in [-0.1, -0.05) is 51.1 Å². The highest BCUT2D eigenvalue weighted by atomic mass is 16.5. The SMILES string of the molecule is CC(C)(C)c1[nH]ncc1CNC[C@@H]1CCCO[C@@H]1c1ccccc1. The van der Waals surface area contributed by atoms with Crippen LogP contribution in [-0.2, 0) is 16.7 Å². The molecular formula is C20H29N3O. The van der Waals surface area contributed by atoms with Crippen molar-refractivity contribution in [3.8, 4) is 0 Å². The van der Waals surface area contributed by atoms with Gasteiger partial charge in [0.2, 0.25) is 0 Å². The van der Waals surface area contributed by atoms with Gasteiger partial charge in [-0.25, -0.2) is 0 Å². The largest absolute Gasteiger partial charge is 0.373 e. The van der Waals surface area contributed by atoms with E-state index in [9.17, 15) is 0 Å². The Morgan fingerprint density at radius 3 is 2.79 bits per heavy atom.